The van der Waals surface area contributed by atoms with E-state index in [0.717, 1.165) is 11.6 Å². The van der Waals surface area contributed by atoms with Crippen LogP contribution >= 0.6 is 15.9 Å². The van der Waals surface area contributed by atoms with Crippen LogP contribution in [0.5, 0.6) is 5.75 Å². The van der Waals surface area contributed by atoms with Crippen LogP contribution in [0.2, 0.25) is 0 Å². The van der Waals surface area contributed by atoms with Crippen LogP contribution in [0.1, 0.15) is 11.7 Å². The molecular formula is C11H13BrO5. The second kappa shape index (κ2) is 6.00. The molecule has 2 N–H and O–H groups in total. The van der Waals surface area contributed by atoms with Gasteiger partial charge in [0, 0.05) is 10.0 Å². The Morgan fingerprint density at radius 1 is 1.35 bits per heavy atom. The summed E-state index contributed by atoms with van der Waals surface area (Å²) in [5.74, 6) is -0.530. The molecule has 1 rings (SSSR count). The van der Waals surface area contributed by atoms with Crippen molar-refractivity contribution < 1.29 is 24.5 Å². The van der Waals surface area contributed by atoms with Gasteiger partial charge in [0.25, 0.3) is 0 Å². The molecule has 0 radical (unpaired) electrons. The number of esters is 1. The summed E-state index contributed by atoms with van der Waals surface area (Å²) in [5.41, 5.74) is 0.314. The van der Waals surface area contributed by atoms with Gasteiger partial charge in [-0.25, -0.2) is 4.79 Å². The van der Waals surface area contributed by atoms with Gasteiger partial charge in [-0.15, -0.1) is 0 Å². The molecule has 0 bridgehead atoms. The van der Waals surface area contributed by atoms with Gasteiger partial charge in [0.1, 0.15) is 11.9 Å². The summed E-state index contributed by atoms with van der Waals surface area (Å²) in [6.45, 7) is 0. The van der Waals surface area contributed by atoms with Crippen molar-refractivity contribution in [2.24, 2.45) is 0 Å². The molecule has 0 aliphatic rings. The molecule has 0 saturated carbocycles. The molecule has 2 atom stereocenters. The predicted octanol–water partition coefficient (Wildman–Crippen LogP) is 1.03. The van der Waals surface area contributed by atoms with Crippen LogP contribution < -0.4 is 4.74 Å². The topological polar surface area (TPSA) is 76.0 Å². The third-order valence-electron chi connectivity index (χ3n) is 2.26. The molecular weight excluding hydrogens is 292 g/mol. The third kappa shape index (κ3) is 3.18. The van der Waals surface area contributed by atoms with E-state index in [1.165, 1.54) is 7.11 Å². The molecule has 0 aromatic heterocycles. The molecule has 0 amide bonds. The maximum atomic E-state index is 11.1. The lowest BCUT2D eigenvalue weighted by Gasteiger charge is -2.18. The van der Waals surface area contributed by atoms with E-state index in [1.807, 2.05) is 0 Å². The van der Waals surface area contributed by atoms with Crippen molar-refractivity contribution in [2.75, 3.05) is 14.2 Å². The second-order valence-electron chi connectivity index (χ2n) is 3.30. The van der Waals surface area contributed by atoms with Crippen molar-refractivity contribution in [3.63, 3.8) is 0 Å². The van der Waals surface area contributed by atoms with Crippen molar-refractivity contribution in [3.05, 3.63) is 28.2 Å². The van der Waals surface area contributed by atoms with E-state index in [2.05, 4.69) is 20.7 Å². The molecule has 6 heteroatoms. The van der Waals surface area contributed by atoms with Gasteiger partial charge in [-0.2, -0.15) is 0 Å². The smallest absolute Gasteiger partial charge is 0.337 e. The van der Waals surface area contributed by atoms with Gasteiger partial charge in [0.2, 0.25) is 0 Å². The maximum Gasteiger partial charge on any atom is 0.337 e. The van der Waals surface area contributed by atoms with E-state index in [4.69, 9.17) is 4.74 Å². The first-order chi connectivity index (χ1) is 8.01. The van der Waals surface area contributed by atoms with Crippen molar-refractivity contribution in [3.8, 4) is 5.75 Å². The lowest BCUT2D eigenvalue weighted by molar-refractivity contribution is -0.156. The number of carbonyl (C=O) groups is 1. The second-order valence-corrected chi connectivity index (χ2v) is 4.21. The summed E-state index contributed by atoms with van der Waals surface area (Å²) in [4.78, 5) is 11.1. The van der Waals surface area contributed by atoms with Crippen LogP contribution in [0.25, 0.3) is 0 Å². The summed E-state index contributed by atoms with van der Waals surface area (Å²) in [6.07, 6.45) is -3.04. The fourth-order valence-corrected chi connectivity index (χ4v) is 1.69. The maximum absolute atomic E-state index is 11.1. The zero-order valence-electron chi connectivity index (χ0n) is 9.38. The van der Waals surface area contributed by atoms with Gasteiger partial charge >= 0.3 is 5.97 Å². The number of ether oxygens (including phenoxy) is 2. The SMILES string of the molecule is COC(=O)C(O)C(O)c1ccc(Br)cc1OC. The van der Waals surface area contributed by atoms with Crippen molar-refractivity contribution in [1.82, 2.24) is 0 Å². The number of benzene rings is 1. The largest absolute Gasteiger partial charge is 0.496 e. The normalized spacial score (nSPS) is 13.9. The van der Waals surface area contributed by atoms with Crippen molar-refractivity contribution in [1.29, 1.82) is 0 Å². The van der Waals surface area contributed by atoms with E-state index in [-0.39, 0.29) is 0 Å². The monoisotopic (exact) mass is 304 g/mol. The highest BCUT2D eigenvalue weighted by molar-refractivity contribution is 9.10. The first-order valence-electron chi connectivity index (χ1n) is 4.78. The molecule has 17 heavy (non-hydrogen) atoms. The summed E-state index contributed by atoms with van der Waals surface area (Å²) in [7, 11) is 2.57. The average Bonchev–Trinajstić information content (AvgIpc) is 2.35. The van der Waals surface area contributed by atoms with E-state index in [9.17, 15) is 15.0 Å². The molecule has 0 aliphatic carbocycles. The minimum absolute atomic E-state index is 0.314. The number of carbonyl (C=O) groups excluding carboxylic acids is 1. The van der Waals surface area contributed by atoms with Crippen LogP contribution in [0.3, 0.4) is 0 Å². The van der Waals surface area contributed by atoms with Crippen molar-refractivity contribution >= 4 is 21.9 Å². The molecule has 2 unspecified atom stereocenters. The summed E-state index contributed by atoms with van der Waals surface area (Å²) >= 11 is 3.25. The number of aliphatic hydroxyl groups excluding tert-OH is 2. The average molecular weight is 305 g/mol. The Bertz CT molecular complexity index is 407. The lowest BCUT2D eigenvalue weighted by atomic mass is 10.0. The molecule has 0 spiro atoms. The minimum atomic E-state index is -1.64. The molecule has 94 valence electrons. The van der Waals surface area contributed by atoms with Gasteiger partial charge in [0.05, 0.1) is 14.2 Å². The highest BCUT2D eigenvalue weighted by Gasteiger charge is 2.28. The van der Waals surface area contributed by atoms with E-state index < -0.39 is 18.2 Å². The van der Waals surface area contributed by atoms with Crippen LogP contribution in [0.4, 0.5) is 0 Å². The number of rotatable bonds is 4. The van der Waals surface area contributed by atoms with Crippen LogP contribution in [-0.4, -0.2) is 36.5 Å². The Morgan fingerprint density at radius 2 is 2.00 bits per heavy atom. The van der Waals surface area contributed by atoms with Crippen molar-refractivity contribution in [2.45, 2.75) is 12.2 Å². The zero-order chi connectivity index (χ0) is 13.0. The quantitative estimate of drug-likeness (QED) is 0.813. The number of methoxy groups -OCH3 is 2. The van der Waals surface area contributed by atoms with E-state index in [0.29, 0.717) is 11.3 Å². The fourth-order valence-electron chi connectivity index (χ4n) is 1.35. The minimum Gasteiger partial charge on any atom is -0.496 e. The standard InChI is InChI=1S/C11H13BrO5/c1-16-8-5-6(12)3-4-7(8)9(13)10(14)11(15)17-2/h3-5,9-10,13-14H,1-2H3. The highest BCUT2D eigenvalue weighted by atomic mass is 79.9. The molecule has 0 saturated heterocycles. The Kier molecular flexibility index (Phi) is 4.92. The van der Waals surface area contributed by atoms with Gasteiger partial charge < -0.3 is 19.7 Å². The van der Waals surface area contributed by atoms with Crippen LogP contribution in [0, 0.1) is 0 Å². The molecule has 0 heterocycles. The van der Waals surface area contributed by atoms with E-state index >= 15 is 0 Å². The third-order valence-corrected chi connectivity index (χ3v) is 2.75. The molecule has 0 aliphatic heterocycles. The summed E-state index contributed by atoms with van der Waals surface area (Å²) in [5, 5.41) is 19.4. The highest BCUT2D eigenvalue weighted by Crippen LogP contribution is 2.30. The predicted molar refractivity (Wildman–Crippen MR) is 63.7 cm³/mol. The summed E-state index contributed by atoms with van der Waals surface area (Å²) in [6, 6.07) is 4.85. The number of hydrogen-bond acceptors (Lipinski definition) is 5. The first-order valence-corrected chi connectivity index (χ1v) is 5.58. The fraction of sp³-hybridized carbons (Fsp3) is 0.364. The zero-order valence-corrected chi connectivity index (χ0v) is 11.0. The van der Waals surface area contributed by atoms with Gasteiger partial charge in [0.15, 0.2) is 6.10 Å². The van der Waals surface area contributed by atoms with Gasteiger partial charge in [-0.3, -0.25) is 0 Å². The molecule has 1 aromatic carbocycles. The Balaban J connectivity index is 3.03. The molecule has 0 fully saturated rings. The Labute approximate surface area is 107 Å². The molecule has 5 nitrogen and oxygen atoms in total. The Morgan fingerprint density at radius 3 is 2.53 bits per heavy atom. The number of halogens is 1. The van der Waals surface area contributed by atoms with Crippen LogP contribution in [-0.2, 0) is 9.53 Å². The van der Waals surface area contributed by atoms with Gasteiger partial charge in [-0.1, -0.05) is 22.0 Å². The summed E-state index contributed by atoms with van der Waals surface area (Å²) < 4.78 is 10.2. The first kappa shape index (κ1) is 14.0. The van der Waals surface area contributed by atoms with E-state index in [1.54, 1.807) is 18.2 Å². The van der Waals surface area contributed by atoms with Crippen LogP contribution in [0.15, 0.2) is 22.7 Å². The number of hydrogen-bond donors (Lipinski definition) is 2. The Hall–Kier alpha value is -1.11. The van der Waals surface area contributed by atoms with Gasteiger partial charge in [-0.05, 0) is 12.1 Å². The lowest BCUT2D eigenvalue weighted by Crippen LogP contribution is -2.29. The molecule has 1 aromatic rings. The number of aliphatic hydroxyl groups is 2.